The SMILES string of the molecule is CCCS(=O)(=O)N(C)c1cccc(C(=O)N[C@@H](Cc2ccccc2)[C@@H](O)Cn2ccc(C(C)C)n2)c1. The molecule has 0 aliphatic rings. The zero-order valence-corrected chi connectivity index (χ0v) is 22.1. The summed E-state index contributed by atoms with van der Waals surface area (Å²) in [5, 5.41) is 18.6. The monoisotopic (exact) mass is 512 g/mol. The van der Waals surface area contributed by atoms with E-state index in [-0.39, 0.29) is 24.1 Å². The van der Waals surface area contributed by atoms with Crippen molar-refractivity contribution in [1.82, 2.24) is 15.1 Å². The average Bonchev–Trinajstić information content (AvgIpc) is 3.32. The number of carbonyl (C=O) groups excluding carboxylic acids is 1. The molecule has 2 aromatic carbocycles. The molecule has 8 nitrogen and oxygen atoms in total. The molecular formula is C27H36N4O4S. The van der Waals surface area contributed by atoms with E-state index in [1.165, 1.54) is 11.4 Å². The van der Waals surface area contributed by atoms with E-state index in [0.717, 1.165) is 11.3 Å². The normalized spacial score (nSPS) is 13.4. The lowest BCUT2D eigenvalue weighted by Crippen LogP contribution is -2.46. The van der Waals surface area contributed by atoms with Crippen LogP contribution in [0.4, 0.5) is 5.69 Å². The number of carbonyl (C=O) groups is 1. The Morgan fingerprint density at radius 2 is 1.83 bits per heavy atom. The fourth-order valence-electron chi connectivity index (χ4n) is 3.91. The van der Waals surface area contributed by atoms with E-state index in [1.54, 1.807) is 35.9 Å². The molecule has 9 heteroatoms. The molecule has 0 radical (unpaired) electrons. The lowest BCUT2D eigenvalue weighted by molar-refractivity contribution is 0.0780. The minimum Gasteiger partial charge on any atom is -0.389 e. The van der Waals surface area contributed by atoms with Crippen molar-refractivity contribution in [2.45, 2.75) is 58.2 Å². The van der Waals surface area contributed by atoms with Crippen LogP contribution in [0.15, 0.2) is 66.9 Å². The number of aliphatic hydroxyl groups excluding tert-OH is 1. The Kier molecular flexibility index (Phi) is 9.28. The first-order valence-electron chi connectivity index (χ1n) is 12.2. The van der Waals surface area contributed by atoms with E-state index >= 15 is 0 Å². The lowest BCUT2D eigenvalue weighted by atomic mass is 10.0. The van der Waals surface area contributed by atoms with Crippen LogP contribution in [0.1, 0.15) is 54.7 Å². The quantitative estimate of drug-likeness (QED) is 0.386. The van der Waals surface area contributed by atoms with Crippen molar-refractivity contribution in [3.8, 4) is 0 Å². The number of nitrogens with zero attached hydrogens (tertiary/aromatic N) is 3. The topological polar surface area (TPSA) is 105 Å². The Morgan fingerprint density at radius 1 is 1.11 bits per heavy atom. The summed E-state index contributed by atoms with van der Waals surface area (Å²) in [6, 6.07) is 17.5. The van der Waals surface area contributed by atoms with Gasteiger partial charge in [-0.3, -0.25) is 13.8 Å². The summed E-state index contributed by atoms with van der Waals surface area (Å²) in [6.45, 7) is 6.14. The molecule has 0 saturated heterocycles. The Hall–Kier alpha value is -3.17. The number of amides is 1. The molecule has 0 bridgehead atoms. The van der Waals surface area contributed by atoms with Crippen LogP contribution in [0.2, 0.25) is 0 Å². The summed E-state index contributed by atoms with van der Waals surface area (Å²) in [5.41, 5.74) is 2.64. The largest absolute Gasteiger partial charge is 0.389 e. The van der Waals surface area contributed by atoms with Crippen molar-refractivity contribution in [3.05, 3.63) is 83.7 Å². The highest BCUT2D eigenvalue weighted by molar-refractivity contribution is 7.92. The Balaban J connectivity index is 1.81. The Labute approximate surface area is 214 Å². The Morgan fingerprint density at radius 3 is 2.47 bits per heavy atom. The summed E-state index contributed by atoms with van der Waals surface area (Å²) in [7, 11) is -1.98. The van der Waals surface area contributed by atoms with E-state index in [4.69, 9.17) is 0 Å². The van der Waals surface area contributed by atoms with Gasteiger partial charge in [-0.2, -0.15) is 5.10 Å². The third-order valence-corrected chi connectivity index (χ3v) is 8.03. The van der Waals surface area contributed by atoms with Crippen LogP contribution >= 0.6 is 0 Å². The maximum Gasteiger partial charge on any atom is 0.251 e. The predicted octanol–water partition coefficient (Wildman–Crippen LogP) is 3.58. The van der Waals surface area contributed by atoms with E-state index < -0.39 is 22.2 Å². The molecule has 3 aromatic rings. The maximum absolute atomic E-state index is 13.2. The van der Waals surface area contributed by atoms with Gasteiger partial charge in [-0.05, 0) is 48.6 Å². The molecule has 0 aliphatic heterocycles. The minimum atomic E-state index is -3.47. The molecule has 36 heavy (non-hydrogen) atoms. The van der Waals surface area contributed by atoms with Crippen LogP contribution in [0.25, 0.3) is 0 Å². The number of rotatable bonds is 12. The second-order valence-corrected chi connectivity index (χ2v) is 11.4. The predicted molar refractivity (Wildman–Crippen MR) is 143 cm³/mol. The van der Waals surface area contributed by atoms with Gasteiger partial charge in [0.05, 0.1) is 35.8 Å². The average molecular weight is 513 g/mol. The number of anilines is 1. The molecule has 2 atom stereocenters. The van der Waals surface area contributed by atoms with Crippen molar-refractivity contribution < 1.29 is 18.3 Å². The molecule has 0 aliphatic carbocycles. The molecule has 2 N–H and O–H groups in total. The zero-order chi connectivity index (χ0) is 26.3. The fourth-order valence-corrected chi connectivity index (χ4v) is 5.13. The van der Waals surface area contributed by atoms with E-state index in [0.29, 0.717) is 24.1 Å². The molecule has 0 fully saturated rings. The van der Waals surface area contributed by atoms with Crippen molar-refractivity contribution in [2.24, 2.45) is 0 Å². The third kappa shape index (κ3) is 7.18. The standard InChI is InChI=1S/C27H36N4O4S/c1-5-16-36(34,35)30(4)23-13-9-12-22(18-23)27(33)28-25(17-21-10-7-6-8-11-21)26(32)19-31-15-14-24(29-31)20(2)3/h6-15,18,20,25-26,32H,5,16-17,19H2,1-4H3,(H,28,33)/t25-,26-/m0/s1. The highest BCUT2D eigenvalue weighted by atomic mass is 32.2. The van der Waals surface area contributed by atoms with Crippen LogP contribution in [0, 0.1) is 0 Å². The second kappa shape index (κ2) is 12.2. The summed E-state index contributed by atoms with van der Waals surface area (Å²) in [4.78, 5) is 13.2. The van der Waals surface area contributed by atoms with Gasteiger partial charge in [0.15, 0.2) is 0 Å². The first-order valence-corrected chi connectivity index (χ1v) is 13.8. The maximum atomic E-state index is 13.2. The Bertz CT molecular complexity index is 1240. The number of aromatic nitrogens is 2. The first kappa shape index (κ1) is 27.4. The van der Waals surface area contributed by atoms with Crippen LogP contribution in [-0.2, 0) is 23.0 Å². The van der Waals surface area contributed by atoms with Crippen molar-refractivity contribution in [1.29, 1.82) is 0 Å². The van der Waals surface area contributed by atoms with Gasteiger partial charge < -0.3 is 10.4 Å². The van der Waals surface area contributed by atoms with Gasteiger partial charge in [0.2, 0.25) is 10.0 Å². The molecule has 0 saturated carbocycles. The molecule has 1 amide bonds. The molecule has 0 spiro atoms. The first-order chi connectivity index (χ1) is 17.1. The summed E-state index contributed by atoms with van der Waals surface area (Å²) in [5.74, 6) is -0.0896. The highest BCUT2D eigenvalue weighted by Crippen LogP contribution is 2.19. The van der Waals surface area contributed by atoms with Crippen molar-refractivity contribution in [2.75, 3.05) is 17.1 Å². The van der Waals surface area contributed by atoms with E-state index in [1.807, 2.05) is 42.6 Å². The fraction of sp³-hybridized carbons (Fsp3) is 0.407. The van der Waals surface area contributed by atoms with Gasteiger partial charge >= 0.3 is 0 Å². The number of aliphatic hydroxyl groups is 1. The zero-order valence-electron chi connectivity index (χ0n) is 21.3. The van der Waals surface area contributed by atoms with E-state index in [9.17, 15) is 18.3 Å². The number of hydrogen-bond acceptors (Lipinski definition) is 5. The molecule has 1 heterocycles. The van der Waals surface area contributed by atoms with Crippen LogP contribution < -0.4 is 9.62 Å². The molecule has 3 rings (SSSR count). The minimum absolute atomic E-state index is 0.0250. The number of hydrogen-bond donors (Lipinski definition) is 2. The van der Waals surface area contributed by atoms with Crippen molar-refractivity contribution >= 4 is 21.6 Å². The molecule has 194 valence electrons. The summed E-state index contributed by atoms with van der Waals surface area (Å²) in [6.07, 6.45) is 1.86. The van der Waals surface area contributed by atoms with Gasteiger partial charge in [-0.25, -0.2) is 8.42 Å². The number of benzene rings is 2. The highest BCUT2D eigenvalue weighted by Gasteiger charge is 2.24. The van der Waals surface area contributed by atoms with Crippen molar-refractivity contribution in [3.63, 3.8) is 0 Å². The van der Waals surface area contributed by atoms with Gasteiger partial charge in [0.25, 0.3) is 5.91 Å². The second-order valence-electron chi connectivity index (χ2n) is 9.29. The smallest absolute Gasteiger partial charge is 0.251 e. The number of sulfonamides is 1. The van der Waals surface area contributed by atoms with Gasteiger partial charge in [0.1, 0.15) is 0 Å². The van der Waals surface area contributed by atoms with Crippen LogP contribution in [0.3, 0.4) is 0 Å². The number of nitrogens with one attached hydrogen (secondary N) is 1. The molecular weight excluding hydrogens is 476 g/mol. The summed E-state index contributed by atoms with van der Waals surface area (Å²) < 4.78 is 27.9. The van der Waals surface area contributed by atoms with Crippen LogP contribution in [-0.4, -0.2) is 54.2 Å². The summed E-state index contributed by atoms with van der Waals surface area (Å²) >= 11 is 0. The lowest BCUT2D eigenvalue weighted by Gasteiger charge is -2.25. The molecule has 0 unspecified atom stereocenters. The van der Waals surface area contributed by atoms with Gasteiger partial charge in [-0.15, -0.1) is 0 Å². The van der Waals surface area contributed by atoms with Gasteiger partial charge in [-0.1, -0.05) is 57.2 Å². The van der Waals surface area contributed by atoms with Gasteiger partial charge in [0, 0.05) is 18.8 Å². The molecule has 1 aromatic heterocycles. The third-order valence-electron chi connectivity index (χ3n) is 6.06. The van der Waals surface area contributed by atoms with Crippen LogP contribution in [0.5, 0.6) is 0 Å². The van der Waals surface area contributed by atoms with E-state index in [2.05, 4.69) is 24.3 Å².